The molecule has 1 unspecified atom stereocenters. The van der Waals surface area contributed by atoms with Gasteiger partial charge in [0.1, 0.15) is 6.10 Å². The molecule has 0 aromatic heterocycles. The topological polar surface area (TPSA) is 18.5 Å². The summed E-state index contributed by atoms with van der Waals surface area (Å²) in [7, 11) is 0. The first-order chi connectivity index (χ1) is 9.07. The van der Waals surface area contributed by atoms with Gasteiger partial charge in [0.2, 0.25) is 0 Å². The minimum Gasteiger partial charge on any atom is -0.232 e. The lowest BCUT2D eigenvalue weighted by molar-refractivity contribution is -0.381. The molecular formula is C15H21F3O2. The molecule has 0 aliphatic rings. The summed E-state index contributed by atoms with van der Waals surface area (Å²) < 4.78 is 37.8. The van der Waals surface area contributed by atoms with E-state index >= 15 is 0 Å². The third-order valence-electron chi connectivity index (χ3n) is 2.60. The van der Waals surface area contributed by atoms with E-state index in [1.165, 1.54) is 0 Å². The first-order valence-electron chi connectivity index (χ1n) is 6.52. The second-order valence-electron chi connectivity index (χ2n) is 5.86. The second-order valence-corrected chi connectivity index (χ2v) is 5.86. The van der Waals surface area contributed by atoms with Crippen molar-refractivity contribution in [2.24, 2.45) is 0 Å². The van der Waals surface area contributed by atoms with Crippen molar-refractivity contribution in [1.82, 2.24) is 0 Å². The Morgan fingerprint density at radius 1 is 1.10 bits per heavy atom. The molecule has 0 fully saturated rings. The largest absolute Gasteiger partial charge is 0.391 e. The summed E-state index contributed by atoms with van der Waals surface area (Å²) in [6.07, 6.45) is -6.19. The first-order valence-corrected chi connectivity index (χ1v) is 6.52. The molecule has 0 saturated heterocycles. The average Bonchev–Trinajstić information content (AvgIpc) is 2.26. The SMILES string of the molecule is Cc1ccccc1CC(CC(F)(F)F)OOC(C)(C)C. The van der Waals surface area contributed by atoms with E-state index in [2.05, 4.69) is 0 Å². The summed E-state index contributed by atoms with van der Waals surface area (Å²) in [5.74, 6) is 0. The van der Waals surface area contributed by atoms with Crippen molar-refractivity contribution >= 4 is 0 Å². The molecule has 5 heteroatoms. The third-order valence-corrected chi connectivity index (χ3v) is 2.60. The highest BCUT2D eigenvalue weighted by Crippen LogP contribution is 2.26. The van der Waals surface area contributed by atoms with Crippen LogP contribution in [-0.4, -0.2) is 17.9 Å². The first kappa shape index (κ1) is 17.0. The maximum Gasteiger partial charge on any atom is 0.391 e. The van der Waals surface area contributed by atoms with Crippen LogP contribution in [0, 0.1) is 6.92 Å². The zero-order valence-electron chi connectivity index (χ0n) is 12.3. The zero-order valence-corrected chi connectivity index (χ0v) is 12.3. The van der Waals surface area contributed by atoms with Crippen LogP contribution in [0.4, 0.5) is 13.2 Å². The fourth-order valence-corrected chi connectivity index (χ4v) is 1.70. The standard InChI is InChI=1S/C15H21F3O2/c1-11-7-5-6-8-12(11)9-13(10-15(16,17)18)19-20-14(2,3)4/h5-8,13H,9-10H2,1-4H3. The Morgan fingerprint density at radius 2 is 1.70 bits per heavy atom. The summed E-state index contributed by atoms with van der Waals surface area (Å²) in [4.78, 5) is 10.1. The summed E-state index contributed by atoms with van der Waals surface area (Å²) in [6.45, 7) is 7.05. The molecule has 0 saturated carbocycles. The smallest absolute Gasteiger partial charge is 0.232 e. The highest BCUT2D eigenvalue weighted by Gasteiger charge is 2.34. The van der Waals surface area contributed by atoms with Crippen molar-refractivity contribution < 1.29 is 22.9 Å². The molecule has 0 spiro atoms. The molecule has 0 radical (unpaired) electrons. The maximum absolute atomic E-state index is 12.6. The van der Waals surface area contributed by atoms with Crippen LogP contribution in [0.2, 0.25) is 0 Å². The highest BCUT2D eigenvalue weighted by atomic mass is 19.4. The van der Waals surface area contributed by atoms with Crippen LogP contribution >= 0.6 is 0 Å². The molecule has 2 nitrogen and oxygen atoms in total. The van der Waals surface area contributed by atoms with Crippen molar-refractivity contribution in [1.29, 1.82) is 0 Å². The number of halogens is 3. The highest BCUT2D eigenvalue weighted by molar-refractivity contribution is 5.26. The number of benzene rings is 1. The molecule has 0 N–H and O–H groups in total. The summed E-state index contributed by atoms with van der Waals surface area (Å²) >= 11 is 0. The van der Waals surface area contributed by atoms with Crippen LogP contribution in [0.1, 0.15) is 38.3 Å². The molecule has 1 aromatic rings. The molecular weight excluding hydrogens is 269 g/mol. The van der Waals surface area contributed by atoms with Crippen LogP contribution in [0.25, 0.3) is 0 Å². The Hall–Kier alpha value is -1.07. The fourth-order valence-electron chi connectivity index (χ4n) is 1.70. The fraction of sp³-hybridized carbons (Fsp3) is 0.600. The van der Waals surface area contributed by atoms with E-state index in [1.54, 1.807) is 32.9 Å². The normalized spacial score (nSPS) is 14.3. The van der Waals surface area contributed by atoms with Crippen LogP contribution in [0.15, 0.2) is 24.3 Å². The van der Waals surface area contributed by atoms with Gasteiger partial charge in [0.05, 0.1) is 12.0 Å². The molecule has 114 valence electrons. The minimum atomic E-state index is -4.28. The average molecular weight is 290 g/mol. The van der Waals surface area contributed by atoms with E-state index in [-0.39, 0.29) is 6.42 Å². The van der Waals surface area contributed by atoms with Gasteiger partial charge in [0.15, 0.2) is 0 Å². The molecule has 1 aromatic carbocycles. The zero-order chi connectivity index (χ0) is 15.4. The van der Waals surface area contributed by atoms with E-state index in [4.69, 9.17) is 9.78 Å². The number of hydrogen-bond donors (Lipinski definition) is 0. The van der Waals surface area contributed by atoms with Gasteiger partial charge < -0.3 is 0 Å². The van der Waals surface area contributed by atoms with Crippen molar-refractivity contribution in [2.75, 3.05) is 0 Å². The molecule has 0 amide bonds. The van der Waals surface area contributed by atoms with Crippen LogP contribution in [-0.2, 0) is 16.2 Å². The molecule has 0 aliphatic carbocycles. The van der Waals surface area contributed by atoms with E-state index in [0.29, 0.717) is 0 Å². The van der Waals surface area contributed by atoms with Crippen molar-refractivity contribution in [2.45, 2.75) is 58.4 Å². The predicted molar refractivity (Wildman–Crippen MR) is 71.3 cm³/mol. The van der Waals surface area contributed by atoms with Gasteiger partial charge in [-0.3, -0.25) is 0 Å². The van der Waals surface area contributed by atoms with Gasteiger partial charge in [-0.2, -0.15) is 13.2 Å². The van der Waals surface area contributed by atoms with Gasteiger partial charge in [-0.1, -0.05) is 24.3 Å². The van der Waals surface area contributed by atoms with Gasteiger partial charge in [0, 0.05) is 6.42 Å². The third kappa shape index (κ3) is 6.91. The maximum atomic E-state index is 12.6. The number of alkyl halides is 3. The summed E-state index contributed by atoms with van der Waals surface area (Å²) in [5, 5.41) is 0. The van der Waals surface area contributed by atoms with Crippen molar-refractivity contribution in [3.63, 3.8) is 0 Å². The Bertz CT molecular complexity index is 422. The van der Waals surface area contributed by atoms with Crippen LogP contribution < -0.4 is 0 Å². The van der Waals surface area contributed by atoms with E-state index < -0.39 is 24.3 Å². The molecule has 1 atom stereocenters. The van der Waals surface area contributed by atoms with Gasteiger partial charge in [-0.15, -0.1) is 0 Å². The molecule has 0 aliphatic heterocycles. The Labute approximate surface area is 117 Å². The van der Waals surface area contributed by atoms with Gasteiger partial charge in [0.25, 0.3) is 0 Å². The Kier molecular flexibility index (Phi) is 5.59. The second kappa shape index (κ2) is 6.59. The molecule has 0 heterocycles. The Balaban J connectivity index is 2.75. The van der Waals surface area contributed by atoms with E-state index in [0.717, 1.165) is 11.1 Å². The van der Waals surface area contributed by atoms with Crippen molar-refractivity contribution in [3.05, 3.63) is 35.4 Å². The van der Waals surface area contributed by atoms with E-state index in [1.807, 2.05) is 19.1 Å². The summed E-state index contributed by atoms with van der Waals surface area (Å²) in [6, 6.07) is 7.32. The van der Waals surface area contributed by atoms with Gasteiger partial charge >= 0.3 is 6.18 Å². The molecule has 1 rings (SSSR count). The van der Waals surface area contributed by atoms with Crippen molar-refractivity contribution in [3.8, 4) is 0 Å². The predicted octanol–water partition coefficient (Wildman–Crippen LogP) is 4.61. The summed E-state index contributed by atoms with van der Waals surface area (Å²) in [5.41, 5.74) is 1.13. The number of aryl methyl sites for hydroxylation is 1. The van der Waals surface area contributed by atoms with E-state index in [9.17, 15) is 13.2 Å². The molecule has 20 heavy (non-hydrogen) atoms. The lowest BCUT2D eigenvalue weighted by Gasteiger charge is -2.24. The lowest BCUT2D eigenvalue weighted by atomic mass is 10.0. The molecule has 0 bridgehead atoms. The van der Waals surface area contributed by atoms with Gasteiger partial charge in [-0.25, -0.2) is 9.78 Å². The van der Waals surface area contributed by atoms with Crippen LogP contribution in [0.5, 0.6) is 0 Å². The quantitative estimate of drug-likeness (QED) is 0.582. The van der Waals surface area contributed by atoms with Gasteiger partial charge in [-0.05, 0) is 38.8 Å². The Morgan fingerprint density at radius 3 is 2.20 bits per heavy atom. The monoisotopic (exact) mass is 290 g/mol. The number of rotatable bonds is 5. The minimum absolute atomic E-state index is 0.169. The number of hydrogen-bond acceptors (Lipinski definition) is 2. The van der Waals surface area contributed by atoms with Crippen LogP contribution in [0.3, 0.4) is 0 Å². The lowest BCUT2D eigenvalue weighted by Crippen LogP contribution is -2.29.